The number of amides is 1. The number of carbonyl (C=O) groups excluding carboxylic acids is 1. The number of H-pyrrole nitrogens is 1. The Bertz CT molecular complexity index is 491. The van der Waals surface area contributed by atoms with E-state index in [9.17, 15) is 4.79 Å². The van der Waals surface area contributed by atoms with Crippen LogP contribution in [0.2, 0.25) is 0 Å². The summed E-state index contributed by atoms with van der Waals surface area (Å²) in [7, 11) is 0. The average Bonchev–Trinajstić information content (AvgIpc) is 2.89. The van der Waals surface area contributed by atoms with Crippen molar-refractivity contribution in [3.05, 3.63) is 40.9 Å². The van der Waals surface area contributed by atoms with Crippen LogP contribution in [-0.4, -0.2) is 26.7 Å². The predicted molar refractivity (Wildman–Crippen MR) is 67.6 cm³/mol. The molecular formula is C11H13BrN4O. The van der Waals surface area contributed by atoms with Crippen molar-refractivity contribution >= 4 is 21.8 Å². The molecule has 2 N–H and O–H groups in total. The molecule has 2 heterocycles. The largest absolute Gasteiger partial charge is 0.356 e. The molecule has 0 radical (unpaired) electrons. The molecular weight excluding hydrogens is 284 g/mol. The number of rotatable bonds is 4. The molecule has 1 amide bonds. The van der Waals surface area contributed by atoms with Crippen LogP contribution in [0.1, 0.15) is 17.4 Å². The molecule has 6 heteroatoms. The highest BCUT2D eigenvalue weighted by molar-refractivity contribution is 9.10. The van der Waals surface area contributed by atoms with Gasteiger partial charge in [0, 0.05) is 29.1 Å². The van der Waals surface area contributed by atoms with E-state index in [4.69, 9.17) is 0 Å². The molecule has 2 rings (SSSR count). The summed E-state index contributed by atoms with van der Waals surface area (Å²) >= 11 is 3.29. The molecule has 0 aliphatic rings. The van der Waals surface area contributed by atoms with Crippen molar-refractivity contribution in [3.63, 3.8) is 0 Å². The maximum atomic E-state index is 11.8. The van der Waals surface area contributed by atoms with Crippen molar-refractivity contribution in [2.45, 2.75) is 19.5 Å². The summed E-state index contributed by atoms with van der Waals surface area (Å²) < 4.78 is 2.65. The smallest absolute Gasteiger partial charge is 0.268 e. The third-order valence-corrected chi connectivity index (χ3v) is 2.75. The molecule has 90 valence electrons. The van der Waals surface area contributed by atoms with Crippen LogP contribution in [0.15, 0.2) is 35.2 Å². The van der Waals surface area contributed by atoms with Crippen molar-refractivity contribution in [2.24, 2.45) is 0 Å². The van der Waals surface area contributed by atoms with Gasteiger partial charge in [0.1, 0.15) is 5.69 Å². The van der Waals surface area contributed by atoms with E-state index < -0.39 is 0 Å². The summed E-state index contributed by atoms with van der Waals surface area (Å²) in [6.07, 6.45) is 5.32. The zero-order valence-corrected chi connectivity index (χ0v) is 10.9. The molecule has 1 atom stereocenters. The fourth-order valence-electron chi connectivity index (χ4n) is 1.54. The Hall–Kier alpha value is -1.56. The molecule has 0 aliphatic carbocycles. The summed E-state index contributed by atoms with van der Waals surface area (Å²) in [4.78, 5) is 14.7. The minimum atomic E-state index is -0.115. The van der Waals surface area contributed by atoms with Gasteiger partial charge in [0.2, 0.25) is 0 Å². The van der Waals surface area contributed by atoms with Gasteiger partial charge < -0.3 is 10.3 Å². The second-order valence-electron chi connectivity index (χ2n) is 3.83. The number of nitrogens with one attached hydrogen (secondary N) is 2. The Labute approximate surface area is 107 Å². The standard InChI is InChI=1S/C11H13BrN4O/c1-8(7-16-4-2-3-14-16)15-11(17)10-5-9(12)6-13-10/h2-6,8,13H,7H2,1H3,(H,15,17)/t8-/m1/s1. The first kappa shape index (κ1) is 11.9. The fraction of sp³-hybridized carbons (Fsp3) is 0.273. The van der Waals surface area contributed by atoms with Crippen molar-refractivity contribution < 1.29 is 4.79 Å². The van der Waals surface area contributed by atoms with Crippen LogP contribution in [0.5, 0.6) is 0 Å². The van der Waals surface area contributed by atoms with Gasteiger partial charge in [-0.05, 0) is 35.0 Å². The van der Waals surface area contributed by atoms with Crippen LogP contribution >= 0.6 is 15.9 Å². The topological polar surface area (TPSA) is 62.7 Å². The highest BCUT2D eigenvalue weighted by atomic mass is 79.9. The highest BCUT2D eigenvalue weighted by Gasteiger charge is 2.11. The lowest BCUT2D eigenvalue weighted by Crippen LogP contribution is -2.35. The van der Waals surface area contributed by atoms with Crippen LogP contribution in [0, 0.1) is 0 Å². The molecule has 2 aromatic rings. The molecule has 0 saturated carbocycles. The Morgan fingerprint density at radius 1 is 1.71 bits per heavy atom. The van der Waals surface area contributed by atoms with Crippen LogP contribution in [-0.2, 0) is 6.54 Å². The Morgan fingerprint density at radius 2 is 2.53 bits per heavy atom. The van der Waals surface area contributed by atoms with E-state index in [0.717, 1.165) is 4.47 Å². The maximum absolute atomic E-state index is 11.8. The number of halogens is 1. The summed E-state index contributed by atoms with van der Waals surface area (Å²) in [6.45, 7) is 2.60. The molecule has 0 saturated heterocycles. The molecule has 0 aromatic carbocycles. The number of hydrogen-bond donors (Lipinski definition) is 2. The van der Waals surface area contributed by atoms with Gasteiger partial charge in [0.05, 0.1) is 6.54 Å². The monoisotopic (exact) mass is 296 g/mol. The predicted octanol–water partition coefficient (Wildman–Crippen LogP) is 1.79. The van der Waals surface area contributed by atoms with Crippen molar-refractivity contribution in [1.29, 1.82) is 0 Å². The molecule has 17 heavy (non-hydrogen) atoms. The van der Waals surface area contributed by atoms with Gasteiger partial charge >= 0.3 is 0 Å². The van der Waals surface area contributed by atoms with Crippen molar-refractivity contribution in [3.8, 4) is 0 Å². The van der Waals surface area contributed by atoms with Crippen LogP contribution < -0.4 is 5.32 Å². The van der Waals surface area contributed by atoms with E-state index in [1.54, 1.807) is 23.1 Å². The minimum Gasteiger partial charge on any atom is -0.356 e. The summed E-state index contributed by atoms with van der Waals surface area (Å²) in [6, 6.07) is 3.62. The summed E-state index contributed by atoms with van der Waals surface area (Å²) in [5.74, 6) is -0.115. The number of nitrogens with zero attached hydrogens (tertiary/aromatic N) is 2. The Morgan fingerprint density at radius 3 is 3.12 bits per heavy atom. The van der Waals surface area contributed by atoms with Gasteiger partial charge in [-0.2, -0.15) is 5.10 Å². The highest BCUT2D eigenvalue weighted by Crippen LogP contribution is 2.10. The third-order valence-electron chi connectivity index (χ3n) is 2.29. The SMILES string of the molecule is C[C@H](Cn1cccn1)NC(=O)c1cc(Br)c[nH]1. The fourth-order valence-corrected chi connectivity index (χ4v) is 1.88. The molecule has 0 spiro atoms. The Kier molecular flexibility index (Phi) is 3.63. The third kappa shape index (κ3) is 3.20. The first-order chi connectivity index (χ1) is 8.15. The Balaban J connectivity index is 1.90. The van der Waals surface area contributed by atoms with Gasteiger partial charge in [-0.1, -0.05) is 0 Å². The van der Waals surface area contributed by atoms with Gasteiger partial charge in [0.15, 0.2) is 0 Å². The molecule has 0 aliphatic heterocycles. The lowest BCUT2D eigenvalue weighted by Gasteiger charge is -2.13. The van der Waals surface area contributed by atoms with E-state index in [1.165, 1.54) is 0 Å². The summed E-state index contributed by atoms with van der Waals surface area (Å²) in [5.41, 5.74) is 0.546. The van der Waals surface area contributed by atoms with E-state index in [2.05, 4.69) is 31.3 Å². The number of aromatic nitrogens is 3. The van der Waals surface area contributed by atoms with Gasteiger partial charge in [-0.3, -0.25) is 9.48 Å². The molecule has 0 unspecified atom stereocenters. The van der Waals surface area contributed by atoms with E-state index in [-0.39, 0.29) is 11.9 Å². The van der Waals surface area contributed by atoms with E-state index in [0.29, 0.717) is 12.2 Å². The lowest BCUT2D eigenvalue weighted by molar-refractivity contribution is 0.0931. The first-order valence-corrected chi connectivity index (χ1v) is 6.06. The van der Waals surface area contributed by atoms with Crippen LogP contribution in [0.3, 0.4) is 0 Å². The molecule has 0 bridgehead atoms. The zero-order valence-electron chi connectivity index (χ0n) is 9.35. The minimum absolute atomic E-state index is 0.0180. The first-order valence-electron chi connectivity index (χ1n) is 5.27. The molecule has 5 nitrogen and oxygen atoms in total. The molecule has 2 aromatic heterocycles. The number of carbonyl (C=O) groups is 1. The summed E-state index contributed by atoms with van der Waals surface area (Å²) in [5, 5.41) is 6.99. The molecule has 0 fully saturated rings. The average molecular weight is 297 g/mol. The van der Waals surface area contributed by atoms with E-state index in [1.807, 2.05) is 19.2 Å². The lowest BCUT2D eigenvalue weighted by atomic mass is 10.3. The van der Waals surface area contributed by atoms with Gasteiger partial charge in [0.25, 0.3) is 5.91 Å². The number of aromatic amines is 1. The second-order valence-corrected chi connectivity index (χ2v) is 4.75. The maximum Gasteiger partial charge on any atom is 0.268 e. The second kappa shape index (κ2) is 5.18. The van der Waals surface area contributed by atoms with Crippen molar-refractivity contribution in [1.82, 2.24) is 20.1 Å². The van der Waals surface area contributed by atoms with Crippen molar-refractivity contribution in [2.75, 3.05) is 0 Å². The number of hydrogen-bond acceptors (Lipinski definition) is 2. The van der Waals surface area contributed by atoms with Gasteiger partial charge in [-0.25, -0.2) is 0 Å². The van der Waals surface area contributed by atoms with Crippen LogP contribution in [0.25, 0.3) is 0 Å². The van der Waals surface area contributed by atoms with Gasteiger partial charge in [-0.15, -0.1) is 0 Å². The van der Waals surface area contributed by atoms with Crippen LogP contribution in [0.4, 0.5) is 0 Å². The quantitative estimate of drug-likeness (QED) is 0.904. The van der Waals surface area contributed by atoms with E-state index >= 15 is 0 Å². The zero-order chi connectivity index (χ0) is 12.3. The normalized spacial score (nSPS) is 12.4.